The smallest absolute Gasteiger partial charge is 0.281 e. The molecule has 2 unspecified atom stereocenters. The molecular formula is C24H20ClN3O4S2. The number of benzene rings is 1. The molecule has 1 saturated carbocycles. The van der Waals surface area contributed by atoms with Crippen LogP contribution in [0.3, 0.4) is 0 Å². The van der Waals surface area contributed by atoms with E-state index in [-0.39, 0.29) is 40.9 Å². The van der Waals surface area contributed by atoms with Crippen molar-refractivity contribution < 1.29 is 14.5 Å². The number of hydrogen-bond donors (Lipinski definition) is 0. The zero-order chi connectivity index (χ0) is 23.7. The lowest BCUT2D eigenvalue weighted by molar-refractivity contribution is -0.384. The van der Waals surface area contributed by atoms with Crippen LogP contribution in [-0.2, 0) is 4.79 Å². The van der Waals surface area contributed by atoms with E-state index in [0.29, 0.717) is 0 Å². The minimum Gasteiger partial charge on any atom is -0.482 e. The summed E-state index contributed by atoms with van der Waals surface area (Å²) in [7, 11) is 0. The summed E-state index contributed by atoms with van der Waals surface area (Å²) in [6, 6.07) is 11.9. The molecule has 2 aliphatic rings. The molecule has 0 bridgehead atoms. The highest BCUT2D eigenvalue weighted by Gasteiger charge is 2.44. The number of halogens is 1. The number of thiophene rings is 2. The number of rotatable bonds is 6. The van der Waals surface area contributed by atoms with E-state index in [2.05, 4.69) is 12.1 Å². The summed E-state index contributed by atoms with van der Waals surface area (Å²) in [6.45, 7) is -0.271. The summed E-state index contributed by atoms with van der Waals surface area (Å²) in [5.41, 5.74) is 2.01. The number of ether oxygens (including phenoxy) is 1. The number of nitrogens with zero attached hydrogens (tertiary/aromatic N) is 3. The van der Waals surface area contributed by atoms with Crippen LogP contribution in [0.25, 0.3) is 6.08 Å². The third-order valence-electron chi connectivity index (χ3n) is 5.93. The number of amides is 1. The fourth-order valence-corrected chi connectivity index (χ4v) is 6.20. The maximum absolute atomic E-state index is 13.3. The van der Waals surface area contributed by atoms with E-state index >= 15 is 0 Å². The number of hydrazone groups is 1. The van der Waals surface area contributed by atoms with Crippen LogP contribution in [0.5, 0.6) is 5.75 Å². The van der Waals surface area contributed by atoms with Gasteiger partial charge in [0.25, 0.3) is 11.6 Å². The molecule has 174 valence electrons. The Bertz CT molecular complexity index is 1270. The first-order chi connectivity index (χ1) is 16.5. The van der Waals surface area contributed by atoms with Crippen LogP contribution in [0.4, 0.5) is 5.69 Å². The highest BCUT2D eigenvalue weighted by atomic mass is 35.5. The summed E-state index contributed by atoms with van der Waals surface area (Å²) in [5, 5.41) is 21.4. The van der Waals surface area contributed by atoms with Crippen molar-refractivity contribution in [1.82, 2.24) is 5.01 Å². The molecule has 10 heteroatoms. The van der Waals surface area contributed by atoms with Crippen molar-refractivity contribution >= 4 is 57.7 Å². The number of hydrogen-bond acceptors (Lipinski definition) is 7. The van der Waals surface area contributed by atoms with Gasteiger partial charge in [0.2, 0.25) is 0 Å². The number of fused-ring (bicyclic) bond motifs is 1. The molecule has 1 aliphatic carbocycles. The zero-order valence-electron chi connectivity index (χ0n) is 17.9. The molecule has 3 heterocycles. The number of carbonyl (C=O) groups is 1. The maximum atomic E-state index is 13.3. The van der Waals surface area contributed by atoms with Gasteiger partial charge in [-0.25, -0.2) is 5.01 Å². The molecule has 1 aliphatic heterocycles. The van der Waals surface area contributed by atoms with Gasteiger partial charge in [0.15, 0.2) is 6.61 Å². The molecule has 5 rings (SSSR count). The standard InChI is InChI=1S/C24H20ClN3O4S2/c25-19-13-16(28(30)31)8-9-20(19)32-14-22(29)27-24(21-7-3-11-34-21)18-6-1-4-15(23(18)26-27)12-17-5-2-10-33-17/h2-3,5,7-13,18,24H,1,4,6,14H2. The number of non-ortho nitro benzene ring substituents is 1. The Hall–Kier alpha value is -3.01. The van der Waals surface area contributed by atoms with Crippen molar-refractivity contribution in [2.75, 3.05) is 6.61 Å². The highest BCUT2D eigenvalue weighted by molar-refractivity contribution is 7.11. The summed E-state index contributed by atoms with van der Waals surface area (Å²) in [5.74, 6) is 0.0616. The molecule has 0 N–H and O–H groups in total. The first-order valence-electron chi connectivity index (χ1n) is 10.8. The van der Waals surface area contributed by atoms with E-state index in [9.17, 15) is 14.9 Å². The van der Waals surface area contributed by atoms with Crippen molar-refractivity contribution in [3.05, 3.63) is 83.7 Å². The largest absolute Gasteiger partial charge is 0.482 e. The molecule has 34 heavy (non-hydrogen) atoms. The van der Waals surface area contributed by atoms with Gasteiger partial charge in [-0.15, -0.1) is 22.7 Å². The molecule has 2 aromatic heterocycles. The monoisotopic (exact) mass is 513 g/mol. The SMILES string of the molecule is O=C(COc1ccc([N+](=O)[O-])cc1Cl)N1N=C2C(=Cc3cccs3)CCCC2C1c1cccs1. The van der Waals surface area contributed by atoms with Crippen LogP contribution < -0.4 is 4.74 Å². The minimum absolute atomic E-state index is 0.0828. The van der Waals surface area contributed by atoms with Crippen LogP contribution in [0, 0.1) is 16.0 Å². The topological polar surface area (TPSA) is 85.0 Å². The van der Waals surface area contributed by atoms with Gasteiger partial charge in [0, 0.05) is 27.8 Å². The molecule has 3 aromatic rings. The average molecular weight is 514 g/mol. The third kappa shape index (κ3) is 4.51. The number of carbonyl (C=O) groups excluding carboxylic acids is 1. The molecule has 0 saturated heterocycles. The van der Waals surface area contributed by atoms with Gasteiger partial charge in [0.1, 0.15) is 5.75 Å². The molecule has 1 fully saturated rings. The normalized spacial score (nSPS) is 20.8. The van der Waals surface area contributed by atoms with Crippen molar-refractivity contribution in [2.45, 2.75) is 25.3 Å². The van der Waals surface area contributed by atoms with Gasteiger partial charge >= 0.3 is 0 Å². The van der Waals surface area contributed by atoms with Crippen LogP contribution in [0.15, 0.2) is 63.9 Å². The lowest BCUT2D eigenvalue weighted by atomic mass is 9.79. The second-order valence-corrected chi connectivity index (χ2v) is 10.4. The van der Waals surface area contributed by atoms with Crippen molar-refractivity contribution in [1.29, 1.82) is 0 Å². The fourth-order valence-electron chi connectivity index (χ4n) is 4.42. The van der Waals surface area contributed by atoms with Gasteiger partial charge in [-0.1, -0.05) is 23.7 Å². The van der Waals surface area contributed by atoms with E-state index in [4.69, 9.17) is 21.4 Å². The van der Waals surface area contributed by atoms with E-state index < -0.39 is 4.92 Å². The van der Waals surface area contributed by atoms with Crippen molar-refractivity contribution in [3.8, 4) is 5.75 Å². The third-order valence-corrected chi connectivity index (χ3v) is 7.99. The Kier molecular flexibility index (Phi) is 6.49. The molecule has 0 spiro atoms. The van der Waals surface area contributed by atoms with Crippen LogP contribution >= 0.6 is 34.3 Å². The molecule has 0 radical (unpaired) electrons. The van der Waals surface area contributed by atoms with E-state index in [1.54, 1.807) is 27.7 Å². The maximum Gasteiger partial charge on any atom is 0.281 e. The minimum atomic E-state index is -0.532. The predicted molar refractivity (Wildman–Crippen MR) is 135 cm³/mol. The Morgan fingerprint density at radius 2 is 2.09 bits per heavy atom. The van der Waals surface area contributed by atoms with E-state index in [0.717, 1.165) is 29.9 Å². The van der Waals surface area contributed by atoms with Crippen molar-refractivity contribution in [2.24, 2.45) is 11.0 Å². The van der Waals surface area contributed by atoms with Crippen LogP contribution in [-0.4, -0.2) is 28.2 Å². The second-order valence-electron chi connectivity index (χ2n) is 8.03. The lowest BCUT2D eigenvalue weighted by Gasteiger charge is -2.28. The van der Waals surface area contributed by atoms with Gasteiger partial charge in [-0.3, -0.25) is 14.9 Å². The van der Waals surface area contributed by atoms with E-state index in [1.807, 2.05) is 29.0 Å². The van der Waals surface area contributed by atoms with Crippen LogP contribution in [0.1, 0.15) is 35.1 Å². The number of allylic oxidation sites excluding steroid dienone is 1. The van der Waals surface area contributed by atoms with Gasteiger partial charge in [0.05, 0.1) is 21.7 Å². The van der Waals surface area contributed by atoms with Crippen molar-refractivity contribution in [3.63, 3.8) is 0 Å². The summed E-state index contributed by atoms with van der Waals surface area (Å²) >= 11 is 9.42. The Morgan fingerprint density at radius 1 is 1.26 bits per heavy atom. The molecule has 7 nitrogen and oxygen atoms in total. The first kappa shape index (κ1) is 22.8. The van der Waals surface area contributed by atoms with E-state index in [1.165, 1.54) is 28.6 Å². The number of nitro groups is 1. The molecular weight excluding hydrogens is 494 g/mol. The average Bonchev–Trinajstić information content (AvgIpc) is 3.58. The second kappa shape index (κ2) is 9.69. The Balaban J connectivity index is 1.41. The van der Waals surface area contributed by atoms with Gasteiger partial charge < -0.3 is 4.74 Å². The van der Waals surface area contributed by atoms with Crippen LogP contribution in [0.2, 0.25) is 5.02 Å². The Labute approximate surface area is 209 Å². The zero-order valence-corrected chi connectivity index (χ0v) is 20.3. The van der Waals surface area contributed by atoms with Gasteiger partial charge in [-0.2, -0.15) is 5.10 Å². The highest BCUT2D eigenvalue weighted by Crippen LogP contribution is 2.45. The summed E-state index contributed by atoms with van der Waals surface area (Å²) < 4.78 is 5.65. The van der Waals surface area contributed by atoms with Gasteiger partial charge in [-0.05, 0) is 59.9 Å². The fraction of sp³-hybridized carbons (Fsp3) is 0.250. The summed E-state index contributed by atoms with van der Waals surface area (Å²) in [4.78, 5) is 26.0. The molecule has 2 atom stereocenters. The summed E-state index contributed by atoms with van der Waals surface area (Å²) in [6.07, 6.45) is 5.12. The Morgan fingerprint density at radius 3 is 2.79 bits per heavy atom. The number of nitro benzene ring substituents is 1. The molecule has 1 amide bonds. The first-order valence-corrected chi connectivity index (χ1v) is 12.9. The quantitative estimate of drug-likeness (QED) is 0.275. The lowest BCUT2D eigenvalue weighted by Crippen LogP contribution is -2.34. The predicted octanol–water partition coefficient (Wildman–Crippen LogP) is 6.57. The molecule has 1 aromatic carbocycles.